The molecule has 0 spiro atoms. The number of aromatic nitrogens is 1. The van der Waals surface area contributed by atoms with Crippen LogP contribution in [0.5, 0.6) is 11.5 Å². The molecule has 1 amide bonds. The van der Waals surface area contributed by atoms with Crippen LogP contribution in [0.4, 0.5) is 9.52 Å². The van der Waals surface area contributed by atoms with Crippen LogP contribution in [0, 0.1) is 5.82 Å². The number of fused-ring (bicyclic) bond motifs is 1. The highest BCUT2D eigenvalue weighted by molar-refractivity contribution is 7.22. The summed E-state index contributed by atoms with van der Waals surface area (Å²) < 4.78 is 24.3. The predicted molar refractivity (Wildman–Crippen MR) is 87.1 cm³/mol. The first-order valence-corrected chi connectivity index (χ1v) is 7.52. The number of amides is 1. The number of anilines is 1. The van der Waals surface area contributed by atoms with E-state index in [1.54, 1.807) is 24.3 Å². The molecule has 1 aromatic heterocycles. The van der Waals surface area contributed by atoms with Gasteiger partial charge in [-0.15, -0.1) is 0 Å². The fraction of sp³-hybridized carbons (Fsp3) is 0.125. The van der Waals surface area contributed by atoms with Crippen molar-refractivity contribution < 1.29 is 18.7 Å². The van der Waals surface area contributed by atoms with Gasteiger partial charge in [-0.3, -0.25) is 10.1 Å². The second-order valence-corrected chi connectivity index (χ2v) is 5.65. The van der Waals surface area contributed by atoms with Gasteiger partial charge in [-0.25, -0.2) is 9.37 Å². The maximum Gasteiger partial charge on any atom is 0.265 e. The normalized spacial score (nSPS) is 10.6. The van der Waals surface area contributed by atoms with Crippen LogP contribution in [0.2, 0.25) is 0 Å². The molecule has 7 heteroatoms. The molecule has 3 aromatic rings. The highest BCUT2D eigenvalue weighted by Crippen LogP contribution is 2.31. The third-order valence-corrected chi connectivity index (χ3v) is 4.16. The highest BCUT2D eigenvalue weighted by atomic mass is 32.1. The van der Waals surface area contributed by atoms with Gasteiger partial charge < -0.3 is 9.47 Å². The third-order valence-electron chi connectivity index (χ3n) is 3.23. The van der Waals surface area contributed by atoms with Gasteiger partial charge in [0.05, 0.1) is 24.4 Å². The fourth-order valence-electron chi connectivity index (χ4n) is 2.19. The topological polar surface area (TPSA) is 60.5 Å². The van der Waals surface area contributed by atoms with Crippen LogP contribution in [-0.4, -0.2) is 25.1 Å². The number of hydrogen-bond donors (Lipinski definition) is 1. The van der Waals surface area contributed by atoms with E-state index in [0.29, 0.717) is 26.8 Å². The van der Waals surface area contributed by atoms with Crippen molar-refractivity contribution in [3.8, 4) is 11.5 Å². The second kappa shape index (κ2) is 6.21. The fourth-order valence-corrected chi connectivity index (χ4v) is 3.07. The van der Waals surface area contributed by atoms with Gasteiger partial charge in [0.2, 0.25) is 0 Å². The van der Waals surface area contributed by atoms with Gasteiger partial charge >= 0.3 is 0 Å². The Balaban J connectivity index is 1.94. The zero-order valence-corrected chi connectivity index (χ0v) is 13.2. The van der Waals surface area contributed by atoms with Gasteiger partial charge in [0, 0.05) is 0 Å². The lowest BCUT2D eigenvalue weighted by molar-refractivity contribution is 0.102. The van der Waals surface area contributed by atoms with Gasteiger partial charge in [-0.2, -0.15) is 0 Å². The summed E-state index contributed by atoms with van der Waals surface area (Å²) in [5.74, 6) is 0.0484. The Morgan fingerprint density at radius 3 is 2.52 bits per heavy atom. The average molecular weight is 332 g/mol. The van der Waals surface area contributed by atoms with E-state index >= 15 is 0 Å². The quantitative estimate of drug-likeness (QED) is 0.791. The summed E-state index contributed by atoms with van der Waals surface area (Å²) in [5.41, 5.74) is 0.904. The number of methoxy groups -OCH3 is 2. The van der Waals surface area contributed by atoms with E-state index in [1.807, 2.05) is 0 Å². The lowest BCUT2D eigenvalue weighted by Gasteiger charge is -2.11. The maximum absolute atomic E-state index is 13.2. The summed E-state index contributed by atoms with van der Waals surface area (Å²) in [4.78, 5) is 16.8. The van der Waals surface area contributed by atoms with Crippen LogP contribution in [-0.2, 0) is 0 Å². The van der Waals surface area contributed by atoms with Gasteiger partial charge in [-0.1, -0.05) is 17.4 Å². The van der Waals surface area contributed by atoms with E-state index < -0.39 is 5.91 Å². The molecule has 0 atom stereocenters. The van der Waals surface area contributed by atoms with E-state index in [4.69, 9.17) is 9.47 Å². The Hall–Kier alpha value is -2.67. The zero-order valence-electron chi connectivity index (χ0n) is 12.4. The van der Waals surface area contributed by atoms with Crippen LogP contribution in [0.15, 0.2) is 36.4 Å². The van der Waals surface area contributed by atoms with Crippen LogP contribution in [0.25, 0.3) is 10.2 Å². The van der Waals surface area contributed by atoms with E-state index in [-0.39, 0.29) is 11.4 Å². The first-order chi connectivity index (χ1) is 11.1. The maximum atomic E-state index is 13.2. The Morgan fingerprint density at radius 1 is 1.17 bits per heavy atom. The van der Waals surface area contributed by atoms with Crippen molar-refractivity contribution in [1.82, 2.24) is 4.98 Å². The van der Waals surface area contributed by atoms with Gasteiger partial charge in [-0.05, 0) is 30.3 Å². The number of nitrogens with one attached hydrogen (secondary N) is 1. The molecule has 0 aliphatic heterocycles. The van der Waals surface area contributed by atoms with E-state index in [0.717, 1.165) is 0 Å². The Kier molecular flexibility index (Phi) is 4.12. The number of benzene rings is 2. The number of rotatable bonds is 4. The largest absolute Gasteiger partial charge is 0.496 e. The summed E-state index contributed by atoms with van der Waals surface area (Å²) >= 11 is 1.20. The third kappa shape index (κ3) is 2.95. The van der Waals surface area contributed by atoms with Crippen LogP contribution < -0.4 is 14.8 Å². The van der Waals surface area contributed by atoms with Crippen molar-refractivity contribution >= 4 is 32.6 Å². The van der Waals surface area contributed by atoms with Gasteiger partial charge in [0.25, 0.3) is 5.91 Å². The summed E-state index contributed by atoms with van der Waals surface area (Å²) in [7, 11) is 2.96. The molecule has 118 valence electrons. The number of thiazole rings is 1. The number of carbonyl (C=O) groups is 1. The molecule has 0 aliphatic rings. The summed E-state index contributed by atoms with van der Waals surface area (Å²) in [6, 6.07) is 9.36. The van der Waals surface area contributed by atoms with E-state index in [9.17, 15) is 9.18 Å². The molecule has 23 heavy (non-hydrogen) atoms. The molecule has 0 fully saturated rings. The molecule has 0 radical (unpaired) electrons. The number of ether oxygens (including phenoxy) is 2. The number of nitrogens with zero attached hydrogens (tertiary/aromatic N) is 1. The molecule has 1 N–H and O–H groups in total. The Labute approximate surface area is 135 Å². The second-order valence-electron chi connectivity index (χ2n) is 4.62. The molecule has 0 saturated heterocycles. The highest BCUT2D eigenvalue weighted by Gasteiger charge is 2.19. The Bertz CT molecular complexity index is 857. The summed E-state index contributed by atoms with van der Waals surface area (Å²) in [6.07, 6.45) is 0. The predicted octanol–water partition coefficient (Wildman–Crippen LogP) is 3.70. The van der Waals surface area contributed by atoms with Crippen LogP contribution >= 0.6 is 11.3 Å². The number of carbonyl (C=O) groups excluding carboxylic acids is 1. The first kappa shape index (κ1) is 15.2. The molecule has 0 unspecified atom stereocenters. The zero-order chi connectivity index (χ0) is 16.4. The van der Waals surface area contributed by atoms with Crippen LogP contribution in [0.1, 0.15) is 10.4 Å². The lowest BCUT2D eigenvalue weighted by atomic mass is 10.1. The molecule has 0 bridgehead atoms. The van der Waals surface area contributed by atoms with Crippen molar-refractivity contribution in [2.75, 3.05) is 19.5 Å². The summed E-state index contributed by atoms with van der Waals surface area (Å²) in [6.45, 7) is 0. The standard InChI is InChI=1S/C16H13FN2O3S/c1-21-11-4-3-5-12(22-2)14(11)15(20)19-16-18-10-7-6-9(17)8-13(10)23-16/h3-8H,1-2H3,(H,18,19,20). The minimum absolute atomic E-state index is 0.280. The Morgan fingerprint density at radius 2 is 1.87 bits per heavy atom. The molecule has 2 aromatic carbocycles. The number of hydrogen-bond acceptors (Lipinski definition) is 5. The molecule has 0 aliphatic carbocycles. The molecule has 0 saturated carbocycles. The first-order valence-electron chi connectivity index (χ1n) is 6.71. The van der Waals surface area contributed by atoms with Crippen LogP contribution in [0.3, 0.4) is 0 Å². The smallest absolute Gasteiger partial charge is 0.265 e. The van der Waals surface area contributed by atoms with Gasteiger partial charge in [0.1, 0.15) is 22.9 Å². The molecular formula is C16H13FN2O3S. The summed E-state index contributed by atoms with van der Waals surface area (Å²) in [5, 5.41) is 3.08. The van der Waals surface area contributed by atoms with Crippen molar-refractivity contribution in [2.45, 2.75) is 0 Å². The molecule has 5 nitrogen and oxygen atoms in total. The lowest BCUT2D eigenvalue weighted by Crippen LogP contribution is -2.14. The van der Waals surface area contributed by atoms with E-state index in [1.165, 1.54) is 37.7 Å². The van der Waals surface area contributed by atoms with Crippen molar-refractivity contribution in [3.63, 3.8) is 0 Å². The van der Waals surface area contributed by atoms with Gasteiger partial charge in [0.15, 0.2) is 5.13 Å². The van der Waals surface area contributed by atoms with E-state index in [2.05, 4.69) is 10.3 Å². The molecule has 3 rings (SSSR count). The minimum Gasteiger partial charge on any atom is -0.496 e. The number of halogens is 1. The molecular weight excluding hydrogens is 319 g/mol. The SMILES string of the molecule is COc1cccc(OC)c1C(=O)Nc1nc2ccc(F)cc2s1. The average Bonchev–Trinajstić information content (AvgIpc) is 2.94. The monoisotopic (exact) mass is 332 g/mol. The van der Waals surface area contributed by atoms with Crippen molar-refractivity contribution in [2.24, 2.45) is 0 Å². The van der Waals surface area contributed by atoms with Crippen molar-refractivity contribution in [1.29, 1.82) is 0 Å². The molecule has 1 heterocycles. The van der Waals surface area contributed by atoms with Crippen molar-refractivity contribution in [3.05, 3.63) is 47.8 Å². The minimum atomic E-state index is -0.404.